The molecule has 100 valence electrons. The normalized spacial score (nSPS) is 11.6. The van der Waals surface area contributed by atoms with Crippen LogP contribution in [0.4, 0.5) is 5.69 Å². The Morgan fingerprint density at radius 1 is 1.37 bits per heavy atom. The van der Waals surface area contributed by atoms with Crippen molar-refractivity contribution in [3.63, 3.8) is 0 Å². The lowest BCUT2D eigenvalue weighted by Crippen LogP contribution is -2.22. The molecule has 6 heteroatoms. The monoisotopic (exact) mass is 275 g/mol. The number of nitrogens with two attached hydrogens (primary N) is 1. The molecule has 0 spiro atoms. The van der Waals surface area contributed by atoms with Gasteiger partial charge >= 0.3 is 0 Å². The highest BCUT2D eigenvalue weighted by atomic mass is 32.1. The fourth-order valence-electron chi connectivity index (χ4n) is 1.56. The number of hydrogen-bond acceptors (Lipinski definition) is 4. The van der Waals surface area contributed by atoms with Gasteiger partial charge in [0, 0.05) is 5.69 Å². The van der Waals surface area contributed by atoms with Crippen LogP contribution in [0.15, 0.2) is 29.3 Å². The van der Waals surface area contributed by atoms with Gasteiger partial charge in [-0.3, -0.25) is 0 Å². The van der Waals surface area contributed by atoms with Crippen molar-refractivity contribution < 1.29 is 0 Å². The number of hydrogen-bond donors (Lipinski definition) is 2. The zero-order chi connectivity index (χ0) is 13.7. The molecule has 0 aliphatic heterocycles. The molecule has 1 aromatic heterocycles. The summed E-state index contributed by atoms with van der Waals surface area (Å²) in [5.74, 6) is 0.388. The van der Waals surface area contributed by atoms with E-state index in [9.17, 15) is 0 Å². The van der Waals surface area contributed by atoms with E-state index in [4.69, 9.17) is 5.73 Å². The van der Waals surface area contributed by atoms with Gasteiger partial charge in [0.25, 0.3) is 0 Å². The number of guanidine groups is 1. The second-order valence-electron chi connectivity index (χ2n) is 4.14. The number of rotatable bonds is 4. The fourth-order valence-corrected chi connectivity index (χ4v) is 2.27. The number of anilines is 1. The van der Waals surface area contributed by atoms with Gasteiger partial charge in [-0.15, -0.1) is 10.2 Å². The molecule has 0 amide bonds. The molecule has 0 bridgehead atoms. The molecule has 0 aliphatic carbocycles. The SMILES string of the molecule is CCc1nnc(CN=C(N)Nc2cccc(C)c2)s1. The van der Waals surface area contributed by atoms with Crippen molar-refractivity contribution in [3.8, 4) is 0 Å². The van der Waals surface area contributed by atoms with Crippen molar-refractivity contribution in [2.24, 2.45) is 10.7 Å². The Morgan fingerprint density at radius 2 is 2.16 bits per heavy atom. The van der Waals surface area contributed by atoms with Crippen LogP contribution >= 0.6 is 11.3 Å². The lowest BCUT2D eigenvalue weighted by Gasteiger charge is -2.05. The lowest BCUT2D eigenvalue weighted by atomic mass is 10.2. The van der Waals surface area contributed by atoms with Crippen LogP contribution in [0, 0.1) is 6.92 Å². The zero-order valence-corrected chi connectivity index (χ0v) is 11.9. The minimum absolute atomic E-state index is 0.388. The second kappa shape index (κ2) is 6.29. The lowest BCUT2D eigenvalue weighted by molar-refractivity contribution is 0.921. The van der Waals surface area contributed by atoms with E-state index in [2.05, 4.69) is 27.4 Å². The summed E-state index contributed by atoms with van der Waals surface area (Å²) in [6, 6.07) is 7.98. The summed E-state index contributed by atoms with van der Waals surface area (Å²) in [5, 5.41) is 13.1. The molecular weight excluding hydrogens is 258 g/mol. The van der Waals surface area contributed by atoms with Crippen LogP contribution in [0.3, 0.4) is 0 Å². The molecular formula is C13H17N5S. The highest BCUT2D eigenvalue weighted by Gasteiger charge is 2.02. The van der Waals surface area contributed by atoms with Crippen molar-refractivity contribution in [2.75, 3.05) is 5.32 Å². The summed E-state index contributed by atoms with van der Waals surface area (Å²) in [7, 11) is 0. The quantitative estimate of drug-likeness (QED) is 0.663. The van der Waals surface area contributed by atoms with Gasteiger partial charge in [-0.2, -0.15) is 0 Å². The number of aromatic nitrogens is 2. The second-order valence-corrected chi connectivity index (χ2v) is 5.29. The molecule has 0 unspecified atom stereocenters. The molecule has 2 rings (SSSR count). The third-order valence-corrected chi connectivity index (χ3v) is 3.54. The standard InChI is InChI=1S/C13H17N5S/c1-3-11-17-18-12(19-11)8-15-13(14)16-10-6-4-5-9(2)7-10/h4-7H,3,8H2,1-2H3,(H3,14,15,16). The van der Waals surface area contributed by atoms with Crippen molar-refractivity contribution >= 4 is 23.0 Å². The molecule has 2 aromatic rings. The third-order valence-electron chi connectivity index (χ3n) is 2.49. The Kier molecular flexibility index (Phi) is 4.46. The van der Waals surface area contributed by atoms with Gasteiger partial charge < -0.3 is 11.1 Å². The average Bonchev–Trinajstić information content (AvgIpc) is 2.84. The Hall–Kier alpha value is -1.95. The van der Waals surface area contributed by atoms with E-state index >= 15 is 0 Å². The molecule has 3 N–H and O–H groups in total. The van der Waals surface area contributed by atoms with Crippen LogP contribution in [0.1, 0.15) is 22.5 Å². The van der Waals surface area contributed by atoms with E-state index < -0.39 is 0 Å². The van der Waals surface area contributed by atoms with Crippen LogP contribution in [-0.2, 0) is 13.0 Å². The largest absolute Gasteiger partial charge is 0.370 e. The molecule has 5 nitrogen and oxygen atoms in total. The molecule has 0 saturated carbocycles. The van der Waals surface area contributed by atoms with Gasteiger partial charge in [-0.1, -0.05) is 30.4 Å². The van der Waals surface area contributed by atoms with E-state index in [-0.39, 0.29) is 0 Å². The van der Waals surface area contributed by atoms with Gasteiger partial charge in [-0.05, 0) is 31.0 Å². The number of benzene rings is 1. The van der Waals surface area contributed by atoms with Gasteiger partial charge in [0.05, 0.1) is 6.54 Å². The first kappa shape index (κ1) is 13.5. The van der Waals surface area contributed by atoms with Crippen molar-refractivity contribution in [2.45, 2.75) is 26.8 Å². The van der Waals surface area contributed by atoms with Crippen molar-refractivity contribution in [1.82, 2.24) is 10.2 Å². The van der Waals surface area contributed by atoms with Crippen molar-refractivity contribution in [1.29, 1.82) is 0 Å². The number of aryl methyl sites for hydroxylation is 2. The molecule has 19 heavy (non-hydrogen) atoms. The predicted molar refractivity (Wildman–Crippen MR) is 79.4 cm³/mol. The summed E-state index contributed by atoms with van der Waals surface area (Å²) >= 11 is 1.57. The smallest absolute Gasteiger partial charge is 0.193 e. The molecule has 0 radical (unpaired) electrons. The first-order valence-electron chi connectivity index (χ1n) is 6.12. The Balaban J connectivity index is 1.95. The first-order valence-corrected chi connectivity index (χ1v) is 6.94. The summed E-state index contributed by atoms with van der Waals surface area (Å²) in [6.45, 7) is 4.55. The first-order chi connectivity index (χ1) is 9.17. The molecule has 0 atom stereocenters. The number of nitrogens with zero attached hydrogens (tertiary/aromatic N) is 3. The summed E-state index contributed by atoms with van der Waals surface area (Å²) in [4.78, 5) is 4.26. The third kappa shape index (κ3) is 4.03. The van der Waals surface area contributed by atoms with E-state index in [1.54, 1.807) is 11.3 Å². The molecule has 0 saturated heterocycles. The molecule has 1 aromatic carbocycles. The molecule has 0 aliphatic rings. The highest BCUT2D eigenvalue weighted by molar-refractivity contribution is 7.11. The van der Waals surface area contributed by atoms with Crippen LogP contribution < -0.4 is 11.1 Å². The Bertz CT molecular complexity index is 576. The van der Waals surface area contributed by atoms with Gasteiger partial charge in [-0.25, -0.2) is 4.99 Å². The molecule has 0 fully saturated rings. The van der Waals surface area contributed by atoms with E-state index in [1.165, 1.54) is 5.56 Å². The van der Waals surface area contributed by atoms with Crippen molar-refractivity contribution in [3.05, 3.63) is 39.8 Å². The van der Waals surface area contributed by atoms with Crippen LogP contribution in [0.5, 0.6) is 0 Å². The summed E-state index contributed by atoms with van der Waals surface area (Å²) in [5.41, 5.74) is 7.95. The van der Waals surface area contributed by atoms with Crippen LogP contribution in [0.2, 0.25) is 0 Å². The summed E-state index contributed by atoms with van der Waals surface area (Å²) < 4.78 is 0. The van der Waals surface area contributed by atoms with Crippen LogP contribution in [0.25, 0.3) is 0 Å². The van der Waals surface area contributed by atoms with E-state index in [1.807, 2.05) is 31.2 Å². The minimum atomic E-state index is 0.388. The maximum atomic E-state index is 5.84. The average molecular weight is 275 g/mol. The van der Waals surface area contributed by atoms with Crippen LogP contribution in [-0.4, -0.2) is 16.2 Å². The highest BCUT2D eigenvalue weighted by Crippen LogP contribution is 2.12. The van der Waals surface area contributed by atoms with Gasteiger partial charge in [0.15, 0.2) is 5.96 Å². The maximum absolute atomic E-state index is 5.84. The fraction of sp³-hybridized carbons (Fsp3) is 0.308. The predicted octanol–water partition coefficient (Wildman–Crippen LogP) is 2.34. The Labute approximate surface area is 116 Å². The Morgan fingerprint density at radius 3 is 2.84 bits per heavy atom. The number of nitrogens with one attached hydrogen (secondary N) is 1. The zero-order valence-electron chi connectivity index (χ0n) is 11.1. The molecule has 1 heterocycles. The van der Waals surface area contributed by atoms with Gasteiger partial charge in [0.2, 0.25) is 0 Å². The van der Waals surface area contributed by atoms with E-state index in [0.29, 0.717) is 12.5 Å². The maximum Gasteiger partial charge on any atom is 0.193 e. The summed E-state index contributed by atoms with van der Waals surface area (Å²) in [6.07, 6.45) is 0.901. The van der Waals surface area contributed by atoms with E-state index in [0.717, 1.165) is 22.1 Å². The van der Waals surface area contributed by atoms with Gasteiger partial charge in [0.1, 0.15) is 10.0 Å². The number of aliphatic imine (C=N–C) groups is 1. The minimum Gasteiger partial charge on any atom is -0.370 e. The topological polar surface area (TPSA) is 76.2 Å².